The number of aliphatic hydroxyl groups is 1. The maximum atomic E-state index is 13.0. The third kappa shape index (κ3) is 3.79. The van der Waals surface area contributed by atoms with Crippen molar-refractivity contribution in [2.24, 2.45) is 0 Å². The summed E-state index contributed by atoms with van der Waals surface area (Å²) in [6, 6.07) is 3.51. The van der Waals surface area contributed by atoms with E-state index in [1.165, 1.54) is 23.9 Å². The van der Waals surface area contributed by atoms with Crippen LogP contribution in [-0.4, -0.2) is 21.9 Å². The smallest absolute Gasteiger partial charge is 0.272 e. The van der Waals surface area contributed by atoms with Crippen molar-refractivity contribution in [2.75, 3.05) is 6.61 Å². The van der Waals surface area contributed by atoms with E-state index in [0.717, 1.165) is 6.07 Å². The highest BCUT2D eigenvalue weighted by Crippen LogP contribution is 2.22. The molecule has 1 unspecified atom stereocenters. The highest BCUT2D eigenvalue weighted by atomic mass is 32.2. The van der Waals surface area contributed by atoms with Crippen molar-refractivity contribution >= 4 is 17.4 Å². The Labute approximate surface area is 96.6 Å². The zero-order chi connectivity index (χ0) is 12.1. The van der Waals surface area contributed by atoms with Crippen molar-refractivity contribution in [3.63, 3.8) is 0 Å². The van der Waals surface area contributed by atoms with Crippen molar-refractivity contribution in [3.8, 4) is 0 Å². The fourth-order valence-corrected chi connectivity index (χ4v) is 1.86. The Morgan fingerprint density at radius 2 is 2.25 bits per heavy atom. The first-order valence-electron chi connectivity index (χ1n) is 4.69. The Balaban J connectivity index is 2.76. The number of nitrogens with zero attached hydrogens (tertiary/aromatic N) is 1. The van der Waals surface area contributed by atoms with Crippen LogP contribution in [0.2, 0.25) is 0 Å². The van der Waals surface area contributed by atoms with Gasteiger partial charge in [0, 0.05) is 17.1 Å². The predicted molar refractivity (Wildman–Crippen MR) is 60.9 cm³/mol. The summed E-state index contributed by atoms with van der Waals surface area (Å²) in [4.78, 5) is 9.87. The van der Waals surface area contributed by atoms with Gasteiger partial charge in [-0.1, -0.05) is 6.92 Å². The lowest BCUT2D eigenvalue weighted by Crippen LogP contribution is -2.02. The number of nitro groups is 1. The molecule has 1 aromatic carbocycles. The number of hydrogen-bond donors (Lipinski definition) is 1. The van der Waals surface area contributed by atoms with Crippen molar-refractivity contribution in [3.05, 3.63) is 39.7 Å². The number of halogens is 1. The Morgan fingerprint density at radius 3 is 2.81 bits per heavy atom. The van der Waals surface area contributed by atoms with Gasteiger partial charge in [0.05, 0.1) is 17.6 Å². The number of aliphatic hydroxyl groups excluding tert-OH is 1. The predicted octanol–water partition coefficient (Wildman–Crippen LogP) is 2.35. The van der Waals surface area contributed by atoms with Crippen molar-refractivity contribution in [2.45, 2.75) is 17.9 Å². The molecule has 0 radical (unpaired) electrons. The number of rotatable bonds is 5. The molecule has 1 rings (SSSR count). The number of nitro benzene ring substituents is 1. The van der Waals surface area contributed by atoms with E-state index in [4.69, 9.17) is 5.11 Å². The summed E-state index contributed by atoms with van der Waals surface area (Å²) in [7, 11) is 0. The van der Waals surface area contributed by atoms with Crippen LogP contribution in [0.15, 0.2) is 18.2 Å². The number of thioether (sulfide) groups is 1. The largest absolute Gasteiger partial charge is 0.395 e. The van der Waals surface area contributed by atoms with Gasteiger partial charge >= 0.3 is 0 Å². The summed E-state index contributed by atoms with van der Waals surface area (Å²) in [6.45, 7) is 1.86. The highest BCUT2D eigenvalue weighted by Gasteiger charge is 2.10. The van der Waals surface area contributed by atoms with Crippen LogP contribution in [0.25, 0.3) is 0 Å². The summed E-state index contributed by atoms with van der Waals surface area (Å²) in [5.74, 6) is -0.165. The normalized spacial score (nSPS) is 12.4. The molecule has 1 atom stereocenters. The molecule has 4 nitrogen and oxygen atoms in total. The second kappa shape index (κ2) is 5.81. The second-order valence-electron chi connectivity index (χ2n) is 3.38. The Kier molecular flexibility index (Phi) is 4.70. The van der Waals surface area contributed by atoms with Gasteiger partial charge in [-0.15, -0.1) is 0 Å². The first-order valence-corrected chi connectivity index (χ1v) is 5.74. The molecule has 88 valence electrons. The van der Waals surface area contributed by atoms with Gasteiger partial charge in [0.1, 0.15) is 5.82 Å². The van der Waals surface area contributed by atoms with Crippen molar-refractivity contribution in [1.82, 2.24) is 0 Å². The van der Waals surface area contributed by atoms with E-state index in [9.17, 15) is 14.5 Å². The SMILES string of the molecule is CC(CO)SCc1cc(F)cc([N+](=O)[O-])c1. The molecule has 0 aliphatic carbocycles. The van der Waals surface area contributed by atoms with Crippen LogP contribution in [-0.2, 0) is 5.75 Å². The summed E-state index contributed by atoms with van der Waals surface area (Å²) < 4.78 is 13.0. The van der Waals surface area contributed by atoms with Gasteiger partial charge in [-0.25, -0.2) is 4.39 Å². The Bertz CT molecular complexity index is 386. The van der Waals surface area contributed by atoms with Gasteiger partial charge in [0.25, 0.3) is 5.69 Å². The average Bonchev–Trinajstić information content (AvgIpc) is 2.25. The van der Waals surface area contributed by atoms with E-state index in [0.29, 0.717) is 11.3 Å². The fourth-order valence-electron chi connectivity index (χ4n) is 1.11. The minimum Gasteiger partial charge on any atom is -0.395 e. The molecular formula is C10H12FNO3S. The summed E-state index contributed by atoms with van der Waals surface area (Å²) in [6.07, 6.45) is 0. The third-order valence-electron chi connectivity index (χ3n) is 1.94. The summed E-state index contributed by atoms with van der Waals surface area (Å²) in [5.41, 5.74) is 0.309. The second-order valence-corrected chi connectivity index (χ2v) is 4.81. The van der Waals surface area contributed by atoms with E-state index in [1.807, 2.05) is 6.92 Å². The number of non-ortho nitro benzene ring substituents is 1. The summed E-state index contributed by atoms with van der Waals surface area (Å²) >= 11 is 1.42. The maximum Gasteiger partial charge on any atom is 0.272 e. The zero-order valence-corrected chi connectivity index (χ0v) is 9.54. The van der Waals surface area contributed by atoms with Gasteiger partial charge < -0.3 is 5.11 Å². The van der Waals surface area contributed by atoms with Crippen LogP contribution in [0.5, 0.6) is 0 Å². The Hall–Kier alpha value is -1.14. The Morgan fingerprint density at radius 1 is 1.56 bits per heavy atom. The molecule has 6 heteroatoms. The van der Waals surface area contributed by atoms with E-state index in [-0.39, 0.29) is 17.5 Å². The average molecular weight is 245 g/mol. The molecule has 0 heterocycles. The van der Waals surface area contributed by atoms with Crippen LogP contribution in [0, 0.1) is 15.9 Å². The van der Waals surface area contributed by atoms with Crippen molar-refractivity contribution < 1.29 is 14.4 Å². The molecule has 1 N–H and O–H groups in total. The number of hydrogen-bond acceptors (Lipinski definition) is 4. The van der Waals surface area contributed by atoms with Gasteiger partial charge in [-0.2, -0.15) is 11.8 Å². The van der Waals surface area contributed by atoms with Crippen LogP contribution < -0.4 is 0 Å². The monoisotopic (exact) mass is 245 g/mol. The lowest BCUT2D eigenvalue weighted by atomic mass is 10.2. The van der Waals surface area contributed by atoms with Gasteiger partial charge in [0.2, 0.25) is 0 Å². The van der Waals surface area contributed by atoms with Gasteiger partial charge in [-0.05, 0) is 11.6 Å². The fraction of sp³-hybridized carbons (Fsp3) is 0.400. The highest BCUT2D eigenvalue weighted by molar-refractivity contribution is 7.99. The molecule has 0 aliphatic rings. The molecule has 0 fully saturated rings. The first-order chi connectivity index (χ1) is 7.52. The van der Waals surface area contributed by atoms with Crippen LogP contribution in [0.4, 0.5) is 10.1 Å². The molecule has 0 bridgehead atoms. The quantitative estimate of drug-likeness (QED) is 0.639. The molecule has 1 aromatic rings. The maximum absolute atomic E-state index is 13.0. The third-order valence-corrected chi connectivity index (χ3v) is 3.16. The molecule has 0 aromatic heterocycles. The topological polar surface area (TPSA) is 63.4 Å². The zero-order valence-electron chi connectivity index (χ0n) is 8.72. The van der Waals surface area contributed by atoms with Crippen molar-refractivity contribution in [1.29, 1.82) is 0 Å². The summed E-state index contributed by atoms with van der Waals surface area (Å²) in [5, 5.41) is 19.3. The van der Waals surface area contributed by atoms with E-state index in [1.54, 1.807) is 0 Å². The van der Waals surface area contributed by atoms with Gasteiger partial charge in [0.15, 0.2) is 0 Å². The minimum absolute atomic E-state index is 0.0298. The lowest BCUT2D eigenvalue weighted by molar-refractivity contribution is -0.385. The first kappa shape index (κ1) is 12.9. The minimum atomic E-state index is -0.618. The van der Waals surface area contributed by atoms with Crippen LogP contribution in [0.3, 0.4) is 0 Å². The van der Waals surface area contributed by atoms with Crippen LogP contribution >= 0.6 is 11.8 Å². The molecule has 0 saturated heterocycles. The van der Waals surface area contributed by atoms with Crippen LogP contribution in [0.1, 0.15) is 12.5 Å². The molecule has 16 heavy (non-hydrogen) atoms. The molecule has 0 saturated carbocycles. The van der Waals surface area contributed by atoms with E-state index >= 15 is 0 Å². The molecule has 0 aliphatic heterocycles. The van der Waals surface area contributed by atoms with E-state index in [2.05, 4.69) is 0 Å². The molecular weight excluding hydrogens is 233 g/mol. The van der Waals surface area contributed by atoms with E-state index < -0.39 is 10.7 Å². The number of benzene rings is 1. The molecule has 0 spiro atoms. The lowest BCUT2D eigenvalue weighted by Gasteiger charge is -2.07. The standard InChI is InChI=1S/C10H12FNO3S/c1-7(5-13)16-6-8-2-9(11)4-10(3-8)12(14)15/h2-4,7,13H,5-6H2,1H3. The van der Waals surface area contributed by atoms with Gasteiger partial charge in [-0.3, -0.25) is 10.1 Å². The molecule has 0 amide bonds.